The predicted octanol–water partition coefficient (Wildman–Crippen LogP) is 4.35. The van der Waals surface area contributed by atoms with E-state index < -0.39 is 29.3 Å². The van der Waals surface area contributed by atoms with Crippen molar-refractivity contribution in [3.63, 3.8) is 0 Å². The number of nitrogens with zero attached hydrogens (tertiary/aromatic N) is 1. The largest absolute Gasteiger partial charge is 0.507 e. The van der Waals surface area contributed by atoms with Crippen molar-refractivity contribution in [1.29, 1.82) is 0 Å². The lowest BCUT2D eigenvalue weighted by molar-refractivity contribution is -0.150. The number of phenolic OH excluding ortho intramolecular Hbond substituents is 1. The first kappa shape index (κ1) is 23.5. The molecule has 1 aliphatic rings. The molecule has 4 rings (SSSR count). The van der Waals surface area contributed by atoms with Crippen LogP contribution in [0.5, 0.6) is 5.75 Å². The van der Waals surface area contributed by atoms with Crippen LogP contribution in [0.1, 0.15) is 30.3 Å². The molecule has 2 aromatic carbocycles. The number of carbonyl (C=O) groups excluding carboxylic acids is 2. The number of rotatable bonds is 5. The fourth-order valence-corrected chi connectivity index (χ4v) is 5.67. The van der Waals surface area contributed by atoms with Crippen molar-refractivity contribution in [2.45, 2.75) is 25.3 Å². The topological polar surface area (TPSA) is 97.8 Å². The molecule has 0 amide bonds. The molecule has 0 saturated carbocycles. The summed E-state index contributed by atoms with van der Waals surface area (Å²) in [6.07, 6.45) is 0. The molecule has 0 bridgehead atoms. The lowest BCUT2D eigenvalue weighted by atomic mass is 9.67. The van der Waals surface area contributed by atoms with Gasteiger partial charge in [0.1, 0.15) is 16.3 Å². The summed E-state index contributed by atoms with van der Waals surface area (Å²) in [5.74, 6) is -2.30. The van der Waals surface area contributed by atoms with Crippen LogP contribution in [-0.2, 0) is 24.6 Å². The van der Waals surface area contributed by atoms with Crippen LogP contribution in [0.2, 0.25) is 0 Å². The van der Waals surface area contributed by atoms with Crippen molar-refractivity contribution in [1.82, 2.24) is 10.3 Å². The first-order valence-corrected chi connectivity index (χ1v) is 11.6. The van der Waals surface area contributed by atoms with Gasteiger partial charge in [0.25, 0.3) is 0 Å². The minimum atomic E-state index is -0.997. The zero-order valence-electron chi connectivity index (χ0n) is 19.4. The number of hydrogen-bond donors (Lipinski definition) is 2. The molecule has 34 heavy (non-hydrogen) atoms. The number of aromatic hydroxyl groups is 1. The maximum Gasteiger partial charge on any atom is 0.336 e. The van der Waals surface area contributed by atoms with E-state index in [9.17, 15) is 14.7 Å². The smallest absolute Gasteiger partial charge is 0.336 e. The zero-order valence-corrected chi connectivity index (χ0v) is 20.2. The molecule has 7 nitrogen and oxygen atoms in total. The summed E-state index contributed by atoms with van der Waals surface area (Å²) in [6, 6.07) is 16.4. The third kappa shape index (κ3) is 3.94. The molecule has 3 unspecified atom stereocenters. The molecule has 2 heterocycles. The maximum absolute atomic E-state index is 13.3. The molecule has 0 radical (unpaired) electrons. The molecule has 3 atom stereocenters. The lowest BCUT2D eigenvalue weighted by Crippen LogP contribution is -2.55. The first-order valence-electron chi connectivity index (χ1n) is 10.8. The summed E-state index contributed by atoms with van der Waals surface area (Å²) in [7, 11) is 2.66. The van der Waals surface area contributed by atoms with E-state index in [-0.39, 0.29) is 5.75 Å². The van der Waals surface area contributed by atoms with Gasteiger partial charge in [0.15, 0.2) is 0 Å². The van der Waals surface area contributed by atoms with Crippen LogP contribution in [-0.4, -0.2) is 36.2 Å². The Morgan fingerprint density at radius 3 is 2.38 bits per heavy atom. The number of phenols is 1. The van der Waals surface area contributed by atoms with E-state index in [2.05, 4.69) is 5.32 Å². The summed E-state index contributed by atoms with van der Waals surface area (Å²) >= 11 is 1.37. The minimum Gasteiger partial charge on any atom is -0.507 e. The normalized spacial score (nSPS) is 22.1. The summed E-state index contributed by atoms with van der Waals surface area (Å²) in [6.45, 7) is 3.68. The highest BCUT2D eigenvalue weighted by Crippen LogP contribution is 2.49. The number of aromatic nitrogens is 1. The van der Waals surface area contributed by atoms with Crippen LogP contribution in [0.15, 0.2) is 71.2 Å². The molecule has 176 valence electrons. The average molecular weight is 479 g/mol. The second-order valence-corrected chi connectivity index (χ2v) is 9.16. The van der Waals surface area contributed by atoms with E-state index in [1.807, 2.05) is 48.7 Å². The van der Waals surface area contributed by atoms with Gasteiger partial charge in [-0.3, -0.25) is 4.79 Å². The van der Waals surface area contributed by atoms with Crippen LogP contribution in [0.4, 0.5) is 0 Å². The second-order valence-electron chi connectivity index (χ2n) is 8.30. The van der Waals surface area contributed by atoms with Crippen molar-refractivity contribution >= 4 is 23.3 Å². The van der Waals surface area contributed by atoms with Crippen LogP contribution in [0, 0.1) is 5.92 Å². The Bertz CT molecular complexity index is 1250. The van der Waals surface area contributed by atoms with Crippen molar-refractivity contribution in [2.75, 3.05) is 14.2 Å². The first-order chi connectivity index (χ1) is 16.3. The van der Waals surface area contributed by atoms with E-state index in [0.717, 1.165) is 5.56 Å². The van der Waals surface area contributed by atoms with Crippen molar-refractivity contribution in [3.8, 4) is 17.0 Å². The molecular weight excluding hydrogens is 452 g/mol. The second kappa shape index (κ2) is 9.30. The van der Waals surface area contributed by atoms with E-state index >= 15 is 0 Å². The number of allylic oxidation sites excluding steroid dienone is 1. The van der Waals surface area contributed by atoms with Gasteiger partial charge in [0.2, 0.25) is 0 Å². The number of esters is 2. The minimum absolute atomic E-state index is 0.122. The third-order valence-corrected chi connectivity index (χ3v) is 7.34. The van der Waals surface area contributed by atoms with E-state index in [1.54, 1.807) is 25.1 Å². The predicted molar refractivity (Wildman–Crippen MR) is 129 cm³/mol. The van der Waals surface area contributed by atoms with E-state index in [1.165, 1.54) is 25.6 Å². The molecule has 1 aliphatic heterocycles. The molecule has 0 aliphatic carbocycles. The number of methoxy groups -OCH3 is 2. The van der Waals surface area contributed by atoms with Gasteiger partial charge in [-0.05, 0) is 31.5 Å². The van der Waals surface area contributed by atoms with Gasteiger partial charge in [-0.1, -0.05) is 42.5 Å². The quantitative estimate of drug-likeness (QED) is 0.526. The standard InChI is InChI=1S/C26H26N2O5S/c1-15-20(23(30)32-3)21(16-10-6-5-7-11-16)22(24(31)33-4)26(2,28-15)25-27-18(14-34-25)17-12-8-9-13-19(17)29/h5-14,21-22,28-29H,1-4H3. The van der Waals surface area contributed by atoms with Gasteiger partial charge >= 0.3 is 11.9 Å². The Kier molecular flexibility index (Phi) is 6.43. The fourth-order valence-electron chi connectivity index (χ4n) is 4.69. The van der Waals surface area contributed by atoms with Crippen LogP contribution in [0.3, 0.4) is 0 Å². The molecular formula is C26H26N2O5S. The Morgan fingerprint density at radius 1 is 1.06 bits per heavy atom. The summed E-state index contributed by atoms with van der Waals surface area (Å²) in [4.78, 5) is 31.0. The van der Waals surface area contributed by atoms with Crippen molar-refractivity contribution < 1.29 is 24.2 Å². The summed E-state index contributed by atoms with van der Waals surface area (Å²) in [5, 5.41) is 16.2. The van der Waals surface area contributed by atoms with Gasteiger partial charge in [0.05, 0.1) is 31.4 Å². The summed E-state index contributed by atoms with van der Waals surface area (Å²) < 4.78 is 10.3. The molecule has 3 aromatic rings. The van der Waals surface area contributed by atoms with Gasteiger partial charge < -0.3 is 19.9 Å². The SMILES string of the molecule is COC(=O)C1=C(C)NC(C)(c2nc(-c3ccccc3O)cs2)C(C(=O)OC)C1c1ccccc1. The van der Waals surface area contributed by atoms with E-state index in [0.29, 0.717) is 27.5 Å². The van der Waals surface area contributed by atoms with Crippen molar-refractivity contribution in [2.24, 2.45) is 5.92 Å². The molecule has 1 aromatic heterocycles. The van der Waals surface area contributed by atoms with E-state index in [4.69, 9.17) is 14.5 Å². The maximum atomic E-state index is 13.3. The Balaban J connectivity index is 1.92. The van der Waals surface area contributed by atoms with Gasteiger partial charge in [0, 0.05) is 22.6 Å². The Morgan fingerprint density at radius 2 is 1.74 bits per heavy atom. The number of hydrogen-bond acceptors (Lipinski definition) is 8. The summed E-state index contributed by atoms with van der Waals surface area (Å²) in [5.41, 5.74) is 1.97. The molecule has 2 N–H and O–H groups in total. The lowest BCUT2D eigenvalue weighted by Gasteiger charge is -2.45. The number of ether oxygens (including phenoxy) is 2. The number of benzene rings is 2. The number of carbonyl (C=O) groups is 2. The van der Waals surface area contributed by atoms with Crippen LogP contribution < -0.4 is 5.32 Å². The highest BCUT2D eigenvalue weighted by molar-refractivity contribution is 7.10. The average Bonchev–Trinajstić information content (AvgIpc) is 3.34. The highest BCUT2D eigenvalue weighted by Gasteiger charge is 2.54. The number of para-hydroxylation sites is 1. The Hall–Kier alpha value is -3.65. The Labute approximate surface area is 202 Å². The monoisotopic (exact) mass is 478 g/mol. The van der Waals surface area contributed by atoms with Crippen LogP contribution >= 0.6 is 11.3 Å². The fraction of sp³-hybridized carbons (Fsp3) is 0.269. The van der Waals surface area contributed by atoms with Gasteiger partial charge in [-0.2, -0.15) is 0 Å². The number of thiazole rings is 1. The van der Waals surface area contributed by atoms with Crippen molar-refractivity contribution in [3.05, 3.63) is 81.8 Å². The van der Waals surface area contributed by atoms with Gasteiger partial charge in [-0.25, -0.2) is 9.78 Å². The molecule has 0 fully saturated rings. The van der Waals surface area contributed by atoms with Gasteiger partial charge in [-0.15, -0.1) is 11.3 Å². The molecule has 0 saturated heterocycles. The molecule has 0 spiro atoms. The molecule has 8 heteroatoms. The number of nitrogens with one attached hydrogen (secondary N) is 1. The third-order valence-electron chi connectivity index (χ3n) is 6.27. The highest BCUT2D eigenvalue weighted by atomic mass is 32.1. The van der Waals surface area contributed by atoms with Crippen LogP contribution in [0.25, 0.3) is 11.3 Å². The zero-order chi connectivity index (χ0) is 24.5.